The number of hydrogen-bond donors (Lipinski definition) is 3. The summed E-state index contributed by atoms with van der Waals surface area (Å²) in [6, 6.07) is 16.3. The van der Waals surface area contributed by atoms with Gasteiger partial charge in [-0.2, -0.15) is 0 Å². The van der Waals surface area contributed by atoms with Crippen LogP contribution in [0.15, 0.2) is 54.6 Å². The molecule has 0 radical (unpaired) electrons. The summed E-state index contributed by atoms with van der Waals surface area (Å²) in [5, 5.41) is 14.3. The van der Waals surface area contributed by atoms with E-state index in [1.54, 1.807) is 24.3 Å². The van der Waals surface area contributed by atoms with Crippen LogP contribution in [0.5, 0.6) is 0 Å². The molecule has 0 aromatic heterocycles. The van der Waals surface area contributed by atoms with Crippen molar-refractivity contribution in [2.24, 2.45) is 0 Å². The Morgan fingerprint density at radius 2 is 1.84 bits per heavy atom. The quantitative estimate of drug-likeness (QED) is 0.557. The summed E-state index contributed by atoms with van der Waals surface area (Å²) in [5.74, 6) is 0.914. The van der Waals surface area contributed by atoms with E-state index in [9.17, 15) is 14.7 Å². The molecule has 0 saturated carbocycles. The molecule has 2 amide bonds. The zero-order chi connectivity index (χ0) is 18.1. The van der Waals surface area contributed by atoms with E-state index in [0.717, 1.165) is 5.56 Å². The van der Waals surface area contributed by atoms with Crippen molar-refractivity contribution in [3.63, 3.8) is 0 Å². The second-order valence-electron chi connectivity index (χ2n) is 5.51. The molecule has 0 aliphatic carbocycles. The van der Waals surface area contributed by atoms with Crippen LogP contribution >= 0.6 is 0 Å². The normalized spacial score (nSPS) is 11.2. The first-order chi connectivity index (χ1) is 12.1. The molecule has 0 aliphatic heterocycles. The van der Waals surface area contributed by atoms with Gasteiger partial charge in [0.2, 0.25) is 0 Å². The number of amides is 2. The maximum Gasteiger partial charge on any atom is 0.313 e. The number of rotatable bonds is 6. The Bertz CT molecular complexity index is 766. The number of carbonyl (C=O) groups excluding carboxylic acids is 2. The Morgan fingerprint density at radius 1 is 1.08 bits per heavy atom. The number of hydrogen-bond acceptors (Lipinski definition) is 3. The third kappa shape index (κ3) is 5.48. The number of aliphatic hydroxyl groups excluding tert-OH is 1. The van der Waals surface area contributed by atoms with Gasteiger partial charge in [0.15, 0.2) is 0 Å². The van der Waals surface area contributed by atoms with E-state index in [1.165, 1.54) is 0 Å². The zero-order valence-corrected chi connectivity index (χ0v) is 13.7. The fourth-order valence-corrected chi connectivity index (χ4v) is 2.44. The summed E-state index contributed by atoms with van der Waals surface area (Å²) in [7, 11) is 0. The maximum atomic E-state index is 12.0. The molecule has 1 unspecified atom stereocenters. The van der Waals surface area contributed by atoms with Gasteiger partial charge in [-0.1, -0.05) is 42.3 Å². The second kappa shape index (κ2) is 9.26. The SMILES string of the molecule is C#Cc1cccc(NC(=O)C(=O)NCC(CCO)c2ccccc2)c1. The first kappa shape index (κ1) is 18.2. The highest BCUT2D eigenvalue weighted by Gasteiger charge is 2.17. The molecule has 3 N–H and O–H groups in total. The summed E-state index contributed by atoms with van der Waals surface area (Å²) >= 11 is 0. The molecule has 0 heterocycles. The number of carbonyl (C=O) groups is 2. The van der Waals surface area contributed by atoms with Crippen molar-refractivity contribution in [1.29, 1.82) is 0 Å². The Labute approximate surface area is 147 Å². The van der Waals surface area contributed by atoms with Crippen LogP contribution in [0.3, 0.4) is 0 Å². The van der Waals surface area contributed by atoms with Crippen molar-refractivity contribution >= 4 is 17.5 Å². The van der Waals surface area contributed by atoms with Crippen molar-refractivity contribution in [1.82, 2.24) is 5.32 Å². The first-order valence-corrected chi connectivity index (χ1v) is 7.95. The maximum absolute atomic E-state index is 12.0. The minimum atomic E-state index is -0.759. The number of aliphatic hydroxyl groups is 1. The van der Waals surface area contributed by atoms with Crippen molar-refractivity contribution < 1.29 is 14.7 Å². The summed E-state index contributed by atoms with van der Waals surface area (Å²) in [4.78, 5) is 24.0. The number of benzene rings is 2. The molecule has 2 aromatic rings. The average Bonchev–Trinajstić information content (AvgIpc) is 2.65. The number of anilines is 1. The van der Waals surface area contributed by atoms with Crippen LogP contribution < -0.4 is 10.6 Å². The van der Waals surface area contributed by atoms with E-state index in [1.807, 2.05) is 30.3 Å². The third-order valence-corrected chi connectivity index (χ3v) is 3.75. The van der Waals surface area contributed by atoms with Gasteiger partial charge in [-0.3, -0.25) is 9.59 Å². The Hall–Kier alpha value is -3.10. The van der Waals surface area contributed by atoms with Crippen LogP contribution in [0, 0.1) is 12.3 Å². The van der Waals surface area contributed by atoms with Crippen LogP contribution in [0.4, 0.5) is 5.69 Å². The number of nitrogens with one attached hydrogen (secondary N) is 2. The molecule has 25 heavy (non-hydrogen) atoms. The summed E-state index contributed by atoms with van der Waals surface area (Å²) in [5.41, 5.74) is 2.08. The van der Waals surface area contributed by atoms with Gasteiger partial charge in [-0.25, -0.2) is 0 Å². The fraction of sp³-hybridized carbons (Fsp3) is 0.200. The molecule has 5 heteroatoms. The molecular formula is C20H20N2O3. The molecule has 128 valence electrons. The Morgan fingerprint density at radius 3 is 2.52 bits per heavy atom. The predicted octanol–water partition coefficient (Wildman–Crippen LogP) is 1.89. The monoisotopic (exact) mass is 336 g/mol. The third-order valence-electron chi connectivity index (χ3n) is 3.75. The zero-order valence-electron chi connectivity index (χ0n) is 13.7. The fourth-order valence-electron chi connectivity index (χ4n) is 2.44. The molecule has 0 saturated heterocycles. The highest BCUT2D eigenvalue weighted by atomic mass is 16.3. The number of terminal acetylenes is 1. The molecule has 5 nitrogen and oxygen atoms in total. The molecule has 0 spiro atoms. The topological polar surface area (TPSA) is 78.4 Å². The van der Waals surface area contributed by atoms with E-state index >= 15 is 0 Å². The molecule has 0 fully saturated rings. The highest BCUT2D eigenvalue weighted by molar-refractivity contribution is 6.39. The van der Waals surface area contributed by atoms with Crippen LogP contribution in [-0.4, -0.2) is 30.1 Å². The van der Waals surface area contributed by atoms with Gasteiger partial charge in [-0.05, 0) is 30.2 Å². The average molecular weight is 336 g/mol. The van der Waals surface area contributed by atoms with Crippen molar-refractivity contribution in [3.8, 4) is 12.3 Å². The standard InChI is InChI=1S/C20H20N2O3/c1-2-15-7-6-10-18(13-15)22-20(25)19(24)21-14-17(11-12-23)16-8-4-3-5-9-16/h1,3-10,13,17,23H,11-12,14H2,(H,21,24)(H,22,25). The molecule has 2 rings (SSSR count). The van der Waals surface area contributed by atoms with Crippen molar-refractivity contribution in [2.45, 2.75) is 12.3 Å². The second-order valence-corrected chi connectivity index (χ2v) is 5.51. The van der Waals surface area contributed by atoms with Gasteiger partial charge < -0.3 is 15.7 Å². The molecule has 1 atom stereocenters. The van der Waals surface area contributed by atoms with Gasteiger partial charge in [0.25, 0.3) is 0 Å². The van der Waals surface area contributed by atoms with Crippen LogP contribution in [-0.2, 0) is 9.59 Å². The lowest BCUT2D eigenvalue weighted by molar-refractivity contribution is -0.136. The van der Waals surface area contributed by atoms with Gasteiger partial charge in [0.1, 0.15) is 0 Å². The minimum absolute atomic E-state index is 0.000505. The van der Waals surface area contributed by atoms with E-state index in [-0.39, 0.29) is 19.1 Å². The summed E-state index contributed by atoms with van der Waals surface area (Å²) in [6.45, 7) is 0.266. The van der Waals surface area contributed by atoms with Crippen LogP contribution in [0.1, 0.15) is 23.5 Å². The summed E-state index contributed by atoms with van der Waals surface area (Å²) < 4.78 is 0. The largest absolute Gasteiger partial charge is 0.396 e. The predicted molar refractivity (Wildman–Crippen MR) is 96.9 cm³/mol. The van der Waals surface area contributed by atoms with E-state index in [4.69, 9.17) is 6.42 Å². The Balaban J connectivity index is 1.93. The van der Waals surface area contributed by atoms with E-state index in [2.05, 4.69) is 16.6 Å². The van der Waals surface area contributed by atoms with Crippen LogP contribution in [0.2, 0.25) is 0 Å². The molecule has 0 bridgehead atoms. The van der Waals surface area contributed by atoms with E-state index < -0.39 is 11.8 Å². The lowest BCUT2D eigenvalue weighted by atomic mass is 9.96. The van der Waals surface area contributed by atoms with E-state index in [0.29, 0.717) is 17.7 Å². The van der Waals surface area contributed by atoms with Gasteiger partial charge >= 0.3 is 11.8 Å². The summed E-state index contributed by atoms with van der Waals surface area (Å²) in [6.07, 6.45) is 5.81. The first-order valence-electron chi connectivity index (χ1n) is 7.95. The Kier molecular flexibility index (Phi) is 6.76. The highest BCUT2D eigenvalue weighted by Crippen LogP contribution is 2.18. The lowest BCUT2D eigenvalue weighted by Gasteiger charge is -2.17. The van der Waals surface area contributed by atoms with Crippen LogP contribution in [0.25, 0.3) is 0 Å². The van der Waals surface area contributed by atoms with Gasteiger partial charge in [0.05, 0.1) is 0 Å². The van der Waals surface area contributed by atoms with Gasteiger partial charge in [0, 0.05) is 30.3 Å². The lowest BCUT2D eigenvalue weighted by Crippen LogP contribution is -2.37. The van der Waals surface area contributed by atoms with Crippen molar-refractivity contribution in [3.05, 3.63) is 65.7 Å². The molecular weight excluding hydrogens is 316 g/mol. The van der Waals surface area contributed by atoms with Gasteiger partial charge in [-0.15, -0.1) is 6.42 Å². The molecule has 0 aliphatic rings. The molecule has 2 aromatic carbocycles. The smallest absolute Gasteiger partial charge is 0.313 e. The van der Waals surface area contributed by atoms with Crippen molar-refractivity contribution in [2.75, 3.05) is 18.5 Å². The minimum Gasteiger partial charge on any atom is -0.396 e.